The van der Waals surface area contributed by atoms with Gasteiger partial charge in [0, 0.05) is 6.54 Å². The number of fused-ring (bicyclic) bond motifs is 1. The summed E-state index contributed by atoms with van der Waals surface area (Å²) in [5.41, 5.74) is 2.45. The van der Waals surface area contributed by atoms with Crippen molar-refractivity contribution in [1.29, 1.82) is 0 Å². The number of benzene rings is 1. The summed E-state index contributed by atoms with van der Waals surface area (Å²) in [5, 5.41) is 0. The van der Waals surface area contributed by atoms with Crippen molar-refractivity contribution in [3.05, 3.63) is 52.1 Å². The van der Waals surface area contributed by atoms with Gasteiger partial charge in [-0.3, -0.25) is 9.47 Å². The van der Waals surface area contributed by atoms with E-state index in [2.05, 4.69) is 19.9 Å². The summed E-state index contributed by atoms with van der Waals surface area (Å²) >= 11 is 0. The van der Waals surface area contributed by atoms with E-state index >= 15 is 0 Å². The number of hydrogen-bond acceptors (Lipinski definition) is 5. The number of alkyl halides is 3. The van der Waals surface area contributed by atoms with E-state index in [0.717, 1.165) is 25.2 Å². The van der Waals surface area contributed by atoms with Gasteiger partial charge in [-0.1, -0.05) is 24.3 Å². The Bertz CT molecular complexity index is 1050. The van der Waals surface area contributed by atoms with E-state index in [1.165, 1.54) is 29.2 Å². The summed E-state index contributed by atoms with van der Waals surface area (Å²) in [6.07, 6.45) is -1.60. The number of ether oxygens (including phenoxy) is 1. The maximum atomic E-state index is 12.3. The maximum Gasteiger partial charge on any atom is 0.392 e. The molecule has 10 heteroatoms. The van der Waals surface area contributed by atoms with Crippen molar-refractivity contribution in [2.24, 2.45) is 0 Å². The van der Waals surface area contributed by atoms with E-state index < -0.39 is 19.2 Å². The summed E-state index contributed by atoms with van der Waals surface area (Å²) in [7, 11) is 0. The Morgan fingerprint density at radius 1 is 1.07 bits per heavy atom. The lowest BCUT2D eigenvalue weighted by atomic mass is 10.1. The molecule has 1 aliphatic rings. The second-order valence-corrected chi connectivity index (χ2v) is 7.42. The van der Waals surface area contributed by atoms with Gasteiger partial charge < -0.3 is 9.72 Å². The fourth-order valence-corrected chi connectivity index (χ4v) is 3.54. The number of aromatic amines is 1. The Kier molecular flexibility index (Phi) is 5.76. The van der Waals surface area contributed by atoms with Gasteiger partial charge in [-0.05, 0) is 37.1 Å². The molecule has 1 aromatic carbocycles. The highest BCUT2D eigenvalue weighted by atomic mass is 19.4. The van der Waals surface area contributed by atoms with Gasteiger partial charge in [0.2, 0.25) is 0 Å². The van der Waals surface area contributed by atoms with Crippen molar-refractivity contribution in [3.8, 4) is 6.01 Å². The van der Waals surface area contributed by atoms with Gasteiger partial charge in [-0.25, -0.2) is 9.78 Å². The molecule has 0 saturated carbocycles. The molecule has 4 rings (SSSR count). The molecule has 30 heavy (non-hydrogen) atoms. The molecule has 0 atom stereocenters. The number of halogens is 3. The second-order valence-electron chi connectivity index (χ2n) is 7.42. The van der Waals surface area contributed by atoms with Gasteiger partial charge in [0.25, 0.3) is 0 Å². The number of hydrogen-bond donors (Lipinski definition) is 1. The molecule has 0 bridgehead atoms. The zero-order valence-corrected chi connectivity index (χ0v) is 16.3. The molecule has 2 aromatic heterocycles. The third-order valence-corrected chi connectivity index (χ3v) is 5.07. The lowest BCUT2D eigenvalue weighted by Crippen LogP contribution is -2.19. The first-order valence-electron chi connectivity index (χ1n) is 9.83. The quantitative estimate of drug-likeness (QED) is 0.635. The average molecular weight is 421 g/mol. The molecule has 3 heterocycles. The molecular weight excluding hydrogens is 399 g/mol. The zero-order valence-electron chi connectivity index (χ0n) is 16.3. The zero-order chi connectivity index (χ0) is 21.1. The first-order valence-corrected chi connectivity index (χ1v) is 9.83. The number of likely N-dealkylation sites (tertiary alicyclic amines) is 1. The minimum absolute atomic E-state index is 0.194. The van der Waals surface area contributed by atoms with Crippen molar-refractivity contribution in [1.82, 2.24) is 24.4 Å². The molecule has 0 radical (unpaired) electrons. The van der Waals surface area contributed by atoms with E-state index in [1.807, 2.05) is 24.3 Å². The van der Waals surface area contributed by atoms with Crippen LogP contribution in [0.1, 0.15) is 30.4 Å². The van der Waals surface area contributed by atoms with Crippen molar-refractivity contribution >= 4 is 11.2 Å². The van der Waals surface area contributed by atoms with Crippen molar-refractivity contribution < 1.29 is 17.9 Å². The van der Waals surface area contributed by atoms with Crippen LogP contribution in [0.25, 0.3) is 11.2 Å². The molecule has 160 valence electrons. The number of aromatic nitrogens is 4. The lowest BCUT2D eigenvalue weighted by molar-refractivity contribution is -0.139. The van der Waals surface area contributed by atoms with E-state index in [4.69, 9.17) is 4.74 Å². The fourth-order valence-electron chi connectivity index (χ4n) is 3.54. The average Bonchev–Trinajstić information content (AvgIpc) is 3.30. The monoisotopic (exact) mass is 421 g/mol. The molecule has 1 N–H and O–H groups in total. The number of rotatable bonds is 7. The Morgan fingerprint density at radius 2 is 1.73 bits per heavy atom. The van der Waals surface area contributed by atoms with Gasteiger partial charge in [-0.15, -0.1) is 0 Å². The van der Waals surface area contributed by atoms with Crippen LogP contribution in [0.5, 0.6) is 6.01 Å². The van der Waals surface area contributed by atoms with E-state index in [9.17, 15) is 18.0 Å². The summed E-state index contributed by atoms with van der Waals surface area (Å²) in [5.74, 6) is 0. The molecule has 0 amide bonds. The van der Waals surface area contributed by atoms with Crippen molar-refractivity contribution in [3.63, 3.8) is 0 Å². The van der Waals surface area contributed by atoms with Crippen LogP contribution in [0.15, 0.2) is 35.3 Å². The maximum absolute atomic E-state index is 12.3. The van der Waals surface area contributed by atoms with Crippen LogP contribution in [0.4, 0.5) is 13.2 Å². The van der Waals surface area contributed by atoms with Crippen LogP contribution in [-0.2, 0) is 13.1 Å². The summed E-state index contributed by atoms with van der Waals surface area (Å²) in [6.45, 7) is 2.86. The number of nitrogens with zero attached hydrogens (tertiary/aromatic N) is 4. The van der Waals surface area contributed by atoms with Crippen molar-refractivity contribution in [2.45, 2.75) is 38.5 Å². The molecule has 7 nitrogen and oxygen atoms in total. The summed E-state index contributed by atoms with van der Waals surface area (Å²) < 4.78 is 43.3. The summed E-state index contributed by atoms with van der Waals surface area (Å²) in [4.78, 5) is 25.4. The van der Waals surface area contributed by atoms with Crippen LogP contribution in [-0.4, -0.2) is 50.3 Å². The SMILES string of the molecule is O=c1[nH]c2cnc(OCCC(F)(F)F)nc2n1Cc1ccc(CN2CCCC2)cc1. The van der Waals surface area contributed by atoms with Crippen molar-refractivity contribution in [2.75, 3.05) is 19.7 Å². The number of H-pyrrole nitrogens is 1. The lowest BCUT2D eigenvalue weighted by Gasteiger charge is -2.14. The first-order chi connectivity index (χ1) is 14.4. The van der Waals surface area contributed by atoms with E-state index in [1.54, 1.807) is 0 Å². The number of nitrogens with one attached hydrogen (secondary N) is 1. The number of imidazole rings is 1. The predicted octanol–water partition coefficient (Wildman–Crippen LogP) is 3.09. The highest BCUT2D eigenvalue weighted by Gasteiger charge is 2.27. The van der Waals surface area contributed by atoms with Gasteiger partial charge in [0.15, 0.2) is 5.65 Å². The van der Waals surface area contributed by atoms with Gasteiger partial charge in [-0.2, -0.15) is 18.2 Å². The first kappa shape index (κ1) is 20.4. The van der Waals surface area contributed by atoms with Crippen LogP contribution in [0, 0.1) is 0 Å². The van der Waals surface area contributed by atoms with Crippen LogP contribution < -0.4 is 10.4 Å². The largest absolute Gasteiger partial charge is 0.463 e. The molecule has 1 fully saturated rings. The minimum Gasteiger partial charge on any atom is -0.463 e. The Balaban J connectivity index is 1.48. The van der Waals surface area contributed by atoms with Gasteiger partial charge in [0.05, 0.1) is 19.2 Å². The molecule has 3 aromatic rings. The molecule has 0 unspecified atom stereocenters. The minimum atomic E-state index is -4.32. The Labute approximate surface area is 170 Å². The van der Waals surface area contributed by atoms with E-state index in [-0.39, 0.29) is 23.9 Å². The Hall–Kier alpha value is -2.88. The predicted molar refractivity (Wildman–Crippen MR) is 104 cm³/mol. The normalized spacial score (nSPS) is 15.2. The topological polar surface area (TPSA) is 76.0 Å². The summed E-state index contributed by atoms with van der Waals surface area (Å²) in [6, 6.07) is 7.85. The van der Waals surface area contributed by atoms with Gasteiger partial charge >= 0.3 is 17.9 Å². The molecule has 1 saturated heterocycles. The molecule has 0 aliphatic carbocycles. The third kappa shape index (κ3) is 4.99. The molecule has 0 spiro atoms. The van der Waals surface area contributed by atoms with Crippen LogP contribution in [0.3, 0.4) is 0 Å². The molecule has 1 aliphatic heterocycles. The highest BCUT2D eigenvalue weighted by molar-refractivity contribution is 5.69. The third-order valence-electron chi connectivity index (χ3n) is 5.07. The standard InChI is InChI=1S/C20H22F3N5O2/c21-20(22,23)7-10-30-18-24-11-16-17(26-18)28(19(29)25-16)13-15-5-3-14(4-6-15)12-27-8-1-2-9-27/h3-6,11H,1-2,7-10,12-13H2,(H,25,29). The van der Waals surface area contributed by atoms with Crippen LogP contribution in [0.2, 0.25) is 0 Å². The smallest absolute Gasteiger partial charge is 0.392 e. The van der Waals surface area contributed by atoms with E-state index in [0.29, 0.717) is 5.52 Å². The fraction of sp³-hybridized carbons (Fsp3) is 0.450. The highest BCUT2D eigenvalue weighted by Crippen LogP contribution is 2.20. The van der Waals surface area contributed by atoms with Crippen LogP contribution >= 0.6 is 0 Å². The second kappa shape index (κ2) is 8.47. The molecular formula is C20H22F3N5O2. The Morgan fingerprint density at radius 3 is 2.40 bits per heavy atom. The van der Waals surface area contributed by atoms with Gasteiger partial charge in [0.1, 0.15) is 12.1 Å².